The monoisotopic (exact) mass is 373 g/mol. The molecule has 0 aliphatic carbocycles. The van der Waals surface area contributed by atoms with Crippen LogP contribution in [0, 0.1) is 0 Å². The van der Waals surface area contributed by atoms with Crippen LogP contribution < -0.4 is 10.2 Å². The number of hydrogen-bond donors (Lipinski definition) is 2. The fraction of sp³-hybridized carbons (Fsp3) is 0.600. The zero-order valence-corrected chi connectivity index (χ0v) is 16.4. The number of benzene rings is 1. The number of ether oxygens (including phenoxy) is 1. The van der Waals surface area contributed by atoms with Gasteiger partial charge in [-0.3, -0.25) is 4.90 Å². The summed E-state index contributed by atoms with van der Waals surface area (Å²) in [5.74, 6) is 1.33. The molecule has 0 amide bonds. The predicted octanol–water partition coefficient (Wildman–Crippen LogP) is 2.50. The number of nitrogens with one attached hydrogen (secondary N) is 1. The van der Waals surface area contributed by atoms with Crippen LogP contribution in [0.5, 0.6) is 5.75 Å². The van der Waals surface area contributed by atoms with Crippen LogP contribution >= 0.6 is 0 Å². The van der Waals surface area contributed by atoms with Crippen molar-refractivity contribution >= 4 is 0 Å². The summed E-state index contributed by atoms with van der Waals surface area (Å²) in [4.78, 5) is 8.15. The largest absolute Gasteiger partial charge is 0.494 e. The molecule has 1 aromatic carbocycles. The maximum absolute atomic E-state index is 9.87. The van der Waals surface area contributed by atoms with Crippen LogP contribution in [-0.2, 0) is 12.1 Å². The molecule has 27 heavy (non-hydrogen) atoms. The summed E-state index contributed by atoms with van der Waals surface area (Å²) >= 11 is 0. The van der Waals surface area contributed by atoms with Gasteiger partial charge in [-0.25, -0.2) is 4.98 Å². The van der Waals surface area contributed by atoms with Gasteiger partial charge in [0.05, 0.1) is 6.61 Å². The Hall–Kier alpha value is -2.12. The van der Waals surface area contributed by atoms with Crippen LogP contribution in [0.3, 0.4) is 0 Å². The van der Waals surface area contributed by atoms with E-state index in [0.717, 1.165) is 18.7 Å². The molecular weight excluding hydrogens is 342 g/mol. The fourth-order valence-electron chi connectivity index (χ4n) is 3.18. The number of hydrogen-bond acceptors (Lipinski definition) is 6. The van der Waals surface area contributed by atoms with E-state index in [1.54, 1.807) is 20.2 Å². The van der Waals surface area contributed by atoms with Gasteiger partial charge in [0.1, 0.15) is 17.7 Å². The van der Waals surface area contributed by atoms with Gasteiger partial charge in [0.2, 0.25) is 0 Å². The summed E-state index contributed by atoms with van der Waals surface area (Å²) in [5.41, 5.74) is 3.42. The molecule has 2 aromatic rings. The van der Waals surface area contributed by atoms with Crippen molar-refractivity contribution in [3.05, 3.63) is 42.0 Å². The van der Waals surface area contributed by atoms with Gasteiger partial charge in [0.15, 0.2) is 5.82 Å². The Morgan fingerprint density at radius 2 is 2.04 bits per heavy atom. The van der Waals surface area contributed by atoms with Crippen molar-refractivity contribution < 1.29 is 9.84 Å². The van der Waals surface area contributed by atoms with E-state index in [1.165, 1.54) is 42.7 Å². The van der Waals surface area contributed by atoms with E-state index >= 15 is 0 Å². The molecule has 3 rings (SSSR count). The number of nitrogens with zero attached hydrogens (tertiary/aromatic N) is 4. The molecule has 1 fully saturated rings. The quantitative estimate of drug-likeness (QED) is 0.658. The molecule has 0 saturated carbocycles. The second kappa shape index (κ2) is 9.19. The highest BCUT2D eigenvalue weighted by Crippen LogP contribution is 2.18. The summed E-state index contributed by atoms with van der Waals surface area (Å²) in [6.45, 7) is 8.09. The maximum Gasteiger partial charge on any atom is 0.183 e. The van der Waals surface area contributed by atoms with Gasteiger partial charge in [-0.1, -0.05) is 18.6 Å². The minimum atomic E-state index is -1.03. The first-order valence-electron chi connectivity index (χ1n) is 9.83. The second-order valence-corrected chi connectivity index (χ2v) is 7.67. The predicted molar refractivity (Wildman–Crippen MR) is 105 cm³/mol. The Kier molecular flexibility index (Phi) is 6.68. The normalized spacial score (nSPS) is 15.7. The molecule has 2 N–H and O–H groups in total. The molecule has 0 radical (unpaired) electrons. The lowest BCUT2D eigenvalue weighted by Crippen LogP contribution is -2.29. The zero-order valence-electron chi connectivity index (χ0n) is 16.4. The van der Waals surface area contributed by atoms with E-state index in [2.05, 4.69) is 38.6 Å². The third-order valence-corrected chi connectivity index (χ3v) is 4.66. The van der Waals surface area contributed by atoms with Gasteiger partial charge in [-0.15, -0.1) is 5.10 Å². The maximum atomic E-state index is 9.87. The van der Waals surface area contributed by atoms with E-state index in [0.29, 0.717) is 19.0 Å². The molecule has 2 heterocycles. The Morgan fingerprint density at radius 3 is 2.78 bits per heavy atom. The number of likely N-dealkylation sites (tertiary alicyclic amines) is 1. The first-order chi connectivity index (χ1) is 13.0. The lowest BCUT2D eigenvalue weighted by atomic mass is 10.1. The molecule has 0 spiro atoms. The van der Waals surface area contributed by atoms with E-state index in [4.69, 9.17) is 4.74 Å². The van der Waals surface area contributed by atoms with Crippen LogP contribution in [0.15, 0.2) is 30.6 Å². The lowest BCUT2D eigenvalue weighted by Gasteiger charge is -2.26. The highest BCUT2D eigenvalue weighted by Gasteiger charge is 2.20. The second-order valence-electron chi connectivity index (χ2n) is 7.67. The molecule has 1 aliphatic rings. The highest BCUT2D eigenvalue weighted by molar-refractivity contribution is 5.28. The van der Waals surface area contributed by atoms with Crippen molar-refractivity contribution in [2.24, 2.45) is 0 Å². The minimum absolute atomic E-state index is 0.400. The van der Waals surface area contributed by atoms with E-state index in [1.807, 2.05) is 6.07 Å². The van der Waals surface area contributed by atoms with Crippen molar-refractivity contribution in [3.8, 4) is 5.75 Å². The first-order valence-corrected chi connectivity index (χ1v) is 9.83. The molecule has 0 unspecified atom stereocenters. The summed E-state index contributed by atoms with van der Waals surface area (Å²) < 4.78 is 5.89. The molecule has 7 nitrogen and oxygen atoms in total. The number of aromatic nitrogens is 3. The topological polar surface area (TPSA) is 75.4 Å². The fourth-order valence-corrected chi connectivity index (χ4v) is 3.18. The molecular formula is C20H31N5O2. The van der Waals surface area contributed by atoms with Gasteiger partial charge in [-0.05, 0) is 57.5 Å². The van der Waals surface area contributed by atoms with E-state index in [9.17, 15) is 5.11 Å². The minimum Gasteiger partial charge on any atom is -0.494 e. The average molecular weight is 374 g/mol. The number of rotatable bonds is 9. The Bertz CT molecular complexity index is 704. The van der Waals surface area contributed by atoms with Gasteiger partial charge in [0, 0.05) is 19.5 Å². The summed E-state index contributed by atoms with van der Waals surface area (Å²) in [6.07, 6.45) is 6.40. The SMILES string of the molecule is CC(C)(O)c1ncn(NCCCOc2cccc(CN3CCCCC3)c2)n1. The van der Waals surface area contributed by atoms with Crippen molar-refractivity contribution in [3.63, 3.8) is 0 Å². The molecule has 1 aromatic heterocycles. The Balaban J connectivity index is 1.37. The Morgan fingerprint density at radius 1 is 1.22 bits per heavy atom. The van der Waals surface area contributed by atoms with Crippen LogP contribution in [0.25, 0.3) is 0 Å². The third kappa shape index (κ3) is 6.22. The van der Waals surface area contributed by atoms with Gasteiger partial charge < -0.3 is 15.3 Å². The summed E-state index contributed by atoms with van der Waals surface area (Å²) in [6, 6.07) is 8.41. The van der Waals surface area contributed by atoms with Gasteiger partial charge in [0.25, 0.3) is 0 Å². The molecule has 1 aliphatic heterocycles. The molecule has 0 atom stereocenters. The van der Waals surface area contributed by atoms with Crippen molar-refractivity contribution in [1.29, 1.82) is 0 Å². The van der Waals surface area contributed by atoms with E-state index < -0.39 is 5.60 Å². The van der Waals surface area contributed by atoms with Gasteiger partial charge in [-0.2, -0.15) is 4.79 Å². The molecule has 0 bridgehead atoms. The zero-order chi connectivity index (χ0) is 19.1. The molecule has 148 valence electrons. The Labute approximate surface area is 161 Å². The van der Waals surface area contributed by atoms with Crippen LogP contribution in [0.1, 0.15) is 50.9 Å². The third-order valence-electron chi connectivity index (χ3n) is 4.66. The standard InChI is InChI=1S/C20H31N5O2/c1-20(2,26)19-21-16-25(23-19)22-10-7-13-27-18-9-6-8-17(14-18)15-24-11-4-3-5-12-24/h6,8-9,14,16,22,26H,3-5,7,10-13,15H2,1-2H3. The van der Waals surface area contributed by atoms with Crippen molar-refractivity contribution in [2.75, 3.05) is 31.7 Å². The van der Waals surface area contributed by atoms with E-state index in [-0.39, 0.29) is 0 Å². The van der Waals surface area contributed by atoms with Crippen LogP contribution in [0.4, 0.5) is 0 Å². The van der Waals surface area contributed by atoms with Gasteiger partial charge >= 0.3 is 0 Å². The lowest BCUT2D eigenvalue weighted by molar-refractivity contribution is 0.0687. The molecule has 7 heteroatoms. The van der Waals surface area contributed by atoms with Crippen LogP contribution in [0.2, 0.25) is 0 Å². The van der Waals surface area contributed by atoms with Crippen molar-refractivity contribution in [1.82, 2.24) is 19.8 Å². The summed E-state index contributed by atoms with van der Waals surface area (Å²) in [5, 5.41) is 14.1. The average Bonchev–Trinajstić information content (AvgIpc) is 3.12. The number of aliphatic hydroxyl groups is 1. The number of piperidine rings is 1. The summed E-state index contributed by atoms with van der Waals surface area (Å²) in [7, 11) is 0. The van der Waals surface area contributed by atoms with Crippen LogP contribution in [-0.4, -0.2) is 51.1 Å². The van der Waals surface area contributed by atoms with Crippen molar-refractivity contribution in [2.45, 2.75) is 51.7 Å². The first kappa shape index (κ1) is 19.6. The molecule has 1 saturated heterocycles. The highest BCUT2D eigenvalue weighted by atomic mass is 16.5. The smallest absolute Gasteiger partial charge is 0.183 e.